The number of terminal acetylenes is 1. The van der Waals surface area contributed by atoms with Gasteiger partial charge in [0.05, 0.1) is 16.4 Å². The van der Waals surface area contributed by atoms with Crippen LogP contribution in [0.5, 0.6) is 0 Å². The topological polar surface area (TPSA) is 93.7 Å². The summed E-state index contributed by atoms with van der Waals surface area (Å²) in [6.45, 7) is 1.73. The second kappa shape index (κ2) is 6.90. The second-order valence-corrected chi connectivity index (χ2v) is 6.42. The van der Waals surface area contributed by atoms with E-state index in [2.05, 4.69) is 5.92 Å². The minimum Gasteiger partial charge on any atom is -0.457 e. The van der Waals surface area contributed by atoms with E-state index in [-0.39, 0.29) is 17.1 Å². The van der Waals surface area contributed by atoms with Crippen LogP contribution < -0.4 is 0 Å². The molecular formula is C18H12N2O5S. The Kier molecular flexibility index (Phi) is 4.65. The predicted octanol–water partition coefficient (Wildman–Crippen LogP) is 3.83. The summed E-state index contributed by atoms with van der Waals surface area (Å²) >= 11 is 0.785. The monoisotopic (exact) mass is 368 g/mol. The molecule has 26 heavy (non-hydrogen) atoms. The lowest BCUT2D eigenvalue weighted by Gasteiger charge is -2.06. The Morgan fingerprint density at radius 1 is 1.35 bits per heavy atom. The third kappa shape index (κ3) is 3.25. The van der Waals surface area contributed by atoms with Gasteiger partial charge >= 0.3 is 0 Å². The Morgan fingerprint density at radius 2 is 2.12 bits per heavy atom. The van der Waals surface area contributed by atoms with E-state index in [4.69, 9.17) is 10.8 Å². The lowest BCUT2D eigenvalue weighted by atomic mass is 10.1. The van der Waals surface area contributed by atoms with Crippen LogP contribution in [0.2, 0.25) is 0 Å². The van der Waals surface area contributed by atoms with Crippen molar-refractivity contribution in [1.82, 2.24) is 4.90 Å². The van der Waals surface area contributed by atoms with Gasteiger partial charge in [-0.2, -0.15) is 0 Å². The molecule has 0 unspecified atom stereocenters. The van der Waals surface area contributed by atoms with E-state index in [1.165, 1.54) is 18.2 Å². The molecule has 0 aliphatic carbocycles. The number of hydrogen-bond acceptors (Lipinski definition) is 6. The number of thioether (sulfide) groups is 1. The van der Waals surface area contributed by atoms with Gasteiger partial charge in [0.15, 0.2) is 0 Å². The van der Waals surface area contributed by atoms with Gasteiger partial charge in [0.25, 0.3) is 16.8 Å². The Bertz CT molecular complexity index is 999. The van der Waals surface area contributed by atoms with Gasteiger partial charge in [-0.1, -0.05) is 12.0 Å². The molecule has 1 saturated heterocycles. The van der Waals surface area contributed by atoms with Crippen molar-refractivity contribution in [1.29, 1.82) is 0 Å². The normalized spacial score (nSPS) is 15.5. The second-order valence-electron chi connectivity index (χ2n) is 5.43. The summed E-state index contributed by atoms with van der Waals surface area (Å²) in [5.41, 5.74) is 1.35. The van der Waals surface area contributed by atoms with Crippen LogP contribution in [-0.4, -0.2) is 27.5 Å². The molecule has 2 heterocycles. The molecule has 0 bridgehead atoms. The highest BCUT2D eigenvalue weighted by molar-refractivity contribution is 8.18. The molecule has 0 N–H and O–H groups in total. The molecule has 2 aromatic rings. The molecule has 1 aromatic heterocycles. The molecule has 0 saturated carbocycles. The third-order valence-electron chi connectivity index (χ3n) is 3.72. The van der Waals surface area contributed by atoms with Gasteiger partial charge < -0.3 is 4.42 Å². The maximum absolute atomic E-state index is 12.2. The van der Waals surface area contributed by atoms with Gasteiger partial charge in [0.2, 0.25) is 0 Å². The minimum absolute atomic E-state index is 0.0426. The quantitative estimate of drug-likeness (QED) is 0.352. The first-order chi connectivity index (χ1) is 12.4. The number of rotatable bonds is 4. The minimum atomic E-state index is -0.478. The summed E-state index contributed by atoms with van der Waals surface area (Å²) in [6.07, 6.45) is 6.61. The number of carbonyl (C=O) groups excluding carboxylic acids is 2. The highest BCUT2D eigenvalue weighted by Crippen LogP contribution is 2.34. The maximum atomic E-state index is 12.2. The van der Waals surface area contributed by atoms with Crippen LogP contribution in [0.1, 0.15) is 11.3 Å². The Balaban J connectivity index is 1.91. The van der Waals surface area contributed by atoms with E-state index in [9.17, 15) is 19.7 Å². The number of carbonyl (C=O) groups is 2. The average Bonchev–Trinajstić information content (AvgIpc) is 3.16. The van der Waals surface area contributed by atoms with Gasteiger partial charge in [-0.3, -0.25) is 24.6 Å². The summed E-state index contributed by atoms with van der Waals surface area (Å²) in [7, 11) is 0. The van der Waals surface area contributed by atoms with Crippen molar-refractivity contribution in [2.75, 3.05) is 6.54 Å². The summed E-state index contributed by atoms with van der Waals surface area (Å²) in [5, 5.41) is 10.5. The fourth-order valence-corrected chi connectivity index (χ4v) is 3.24. The molecule has 1 aliphatic rings. The molecule has 1 aromatic carbocycles. The lowest BCUT2D eigenvalue weighted by Crippen LogP contribution is -2.28. The first kappa shape index (κ1) is 17.5. The van der Waals surface area contributed by atoms with Crippen molar-refractivity contribution in [3.63, 3.8) is 0 Å². The molecule has 8 heteroatoms. The zero-order chi connectivity index (χ0) is 18.8. The number of aryl methyl sites for hydroxylation is 1. The number of furan rings is 1. The van der Waals surface area contributed by atoms with Crippen molar-refractivity contribution in [3.8, 4) is 23.7 Å². The fraction of sp³-hybridized carbons (Fsp3) is 0.111. The lowest BCUT2D eigenvalue weighted by molar-refractivity contribution is -0.384. The first-order valence-electron chi connectivity index (χ1n) is 7.45. The van der Waals surface area contributed by atoms with E-state index >= 15 is 0 Å². The van der Waals surface area contributed by atoms with Crippen molar-refractivity contribution in [2.45, 2.75) is 6.92 Å². The number of benzene rings is 1. The molecule has 1 fully saturated rings. The summed E-state index contributed by atoms with van der Waals surface area (Å²) in [4.78, 5) is 35.6. The zero-order valence-corrected chi connectivity index (χ0v) is 14.4. The fourth-order valence-electron chi connectivity index (χ4n) is 2.42. The van der Waals surface area contributed by atoms with Crippen LogP contribution in [0.15, 0.2) is 39.7 Å². The Morgan fingerprint density at radius 3 is 2.81 bits per heavy atom. The zero-order valence-electron chi connectivity index (χ0n) is 13.6. The largest absolute Gasteiger partial charge is 0.457 e. The van der Waals surface area contributed by atoms with E-state index in [1.54, 1.807) is 18.2 Å². The van der Waals surface area contributed by atoms with E-state index in [0.29, 0.717) is 17.1 Å². The molecular weight excluding hydrogens is 356 g/mol. The highest BCUT2D eigenvalue weighted by Gasteiger charge is 2.34. The van der Waals surface area contributed by atoms with Gasteiger partial charge in [0.1, 0.15) is 11.5 Å². The Labute approximate surface area is 152 Å². The van der Waals surface area contributed by atoms with E-state index in [0.717, 1.165) is 22.2 Å². The summed E-state index contributed by atoms with van der Waals surface area (Å²) < 4.78 is 5.69. The van der Waals surface area contributed by atoms with Crippen molar-refractivity contribution in [2.24, 2.45) is 0 Å². The van der Waals surface area contributed by atoms with Gasteiger partial charge in [-0.05, 0) is 36.4 Å². The smallest absolute Gasteiger partial charge is 0.294 e. The van der Waals surface area contributed by atoms with Crippen molar-refractivity contribution < 1.29 is 18.9 Å². The van der Waals surface area contributed by atoms with Crippen molar-refractivity contribution in [3.05, 3.63) is 56.7 Å². The number of nitro groups is 1. The molecule has 0 atom stereocenters. The summed E-state index contributed by atoms with van der Waals surface area (Å²) in [6, 6.07) is 7.77. The van der Waals surface area contributed by atoms with Gasteiger partial charge in [0, 0.05) is 23.8 Å². The molecule has 1 aliphatic heterocycles. The predicted molar refractivity (Wildman–Crippen MR) is 97.0 cm³/mol. The van der Waals surface area contributed by atoms with E-state index in [1.807, 2.05) is 6.92 Å². The molecule has 7 nitrogen and oxygen atoms in total. The molecule has 2 amide bonds. The van der Waals surface area contributed by atoms with Crippen LogP contribution in [0.3, 0.4) is 0 Å². The first-order valence-corrected chi connectivity index (χ1v) is 8.26. The summed E-state index contributed by atoms with van der Waals surface area (Å²) in [5.74, 6) is 2.59. The molecule has 3 rings (SSSR count). The molecule has 0 spiro atoms. The van der Waals surface area contributed by atoms with Gasteiger partial charge in [-0.25, -0.2) is 0 Å². The number of imide groups is 1. The van der Waals surface area contributed by atoms with Crippen LogP contribution in [0, 0.1) is 29.4 Å². The number of nitro benzene ring substituents is 1. The van der Waals surface area contributed by atoms with Crippen LogP contribution in [0.25, 0.3) is 17.4 Å². The third-order valence-corrected chi connectivity index (χ3v) is 4.63. The van der Waals surface area contributed by atoms with Crippen LogP contribution >= 0.6 is 11.8 Å². The number of amides is 2. The SMILES string of the molecule is C#CCN1C(=O)S/C(=C/c2ccc(-c3cc([N+](=O)[O-])ccc3C)o2)C1=O. The number of non-ortho nitro benzene ring substituents is 1. The maximum Gasteiger partial charge on any atom is 0.294 e. The number of hydrogen-bond donors (Lipinski definition) is 0. The Hall–Kier alpha value is -3.31. The number of nitrogens with zero attached hydrogens (tertiary/aromatic N) is 2. The molecule has 130 valence electrons. The van der Waals surface area contributed by atoms with Gasteiger partial charge in [-0.15, -0.1) is 6.42 Å². The highest BCUT2D eigenvalue weighted by atomic mass is 32.2. The molecule has 0 radical (unpaired) electrons. The van der Waals surface area contributed by atoms with Crippen LogP contribution in [-0.2, 0) is 4.79 Å². The van der Waals surface area contributed by atoms with E-state index < -0.39 is 16.1 Å². The van der Waals surface area contributed by atoms with Crippen LogP contribution in [0.4, 0.5) is 10.5 Å². The van der Waals surface area contributed by atoms with Crippen molar-refractivity contribution >= 4 is 34.7 Å². The standard InChI is InChI=1S/C18H12N2O5S/c1-3-8-19-17(21)16(26-18(19)22)10-13-6-7-15(25-13)14-9-12(20(23)24)5-4-11(14)2/h1,4-7,9-10H,8H2,2H3/b16-10+. The average molecular weight is 368 g/mol.